The van der Waals surface area contributed by atoms with Gasteiger partial charge in [0.2, 0.25) is 5.88 Å². The van der Waals surface area contributed by atoms with Crippen LogP contribution in [0.5, 0.6) is 17.4 Å². The van der Waals surface area contributed by atoms with Gasteiger partial charge in [0.25, 0.3) is 0 Å². The van der Waals surface area contributed by atoms with Gasteiger partial charge >= 0.3 is 0 Å². The summed E-state index contributed by atoms with van der Waals surface area (Å²) < 4.78 is 8.40. The third-order valence-corrected chi connectivity index (χ3v) is 7.70. The minimum Gasteiger partial charge on any atom is -0.506 e. The number of para-hydroxylation sites is 1. The second kappa shape index (κ2) is 11.4. The summed E-state index contributed by atoms with van der Waals surface area (Å²) in [5, 5.41) is 13.8. The molecule has 3 heterocycles. The first kappa shape index (κ1) is 27.6. The number of aromatic nitrogens is 3. The van der Waals surface area contributed by atoms with Gasteiger partial charge < -0.3 is 14.4 Å². The molecule has 8 aromatic rings. The van der Waals surface area contributed by atoms with E-state index in [1.807, 2.05) is 78.9 Å². The van der Waals surface area contributed by atoms with Crippen LogP contribution >= 0.6 is 0 Å². The molecule has 0 aliphatic rings. The molecule has 6 heteroatoms. The fourth-order valence-electron chi connectivity index (χ4n) is 5.76. The second-order valence-corrected chi connectivity index (χ2v) is 10.4. The SMILES string of the molecule is Oc1cc(-c2ccccc2)cc2ccc(Oc3[c-]c4c(cc3)c3cccc(-c5ccccc5)c3n4-c3ccccn3)nc12.[Pt]. The zero-order chi connectivity index (χ0) is 28.8. The molecule has 0 saturated carbocycles. The van der Waals surface area contributed by atoms with Crippen molar-refractivity contribution in [3.8, 4) is 45.5 Å². The summed E-state index contributed by atoms with van der Waals surface area (Å²) in [5.41, 5.74) is 6.58. The zero-order valence-corrected chi connectivity index (χ0v) is 25.6. The van der Waals surface area contributed by atoms with Gasteiger partial charge in [-0.2, -0.15) is 6.07 Å². The number of fused-ring (bicyclic) bond motifs is 4. The van der Waals surface area contributed by atoms with Crippen molar-refractivity contribution >= 4 is 32.7 Å². The van der Waals surface area contributed by atoms with Gasteiger partial charge in [-0.05, 0) is 52.4 Å². The number of phenolic OH excluding ortho intramolecular Hbond substituents is 1. The smallest absolute Gasteiger partial charge is 0.217 e. The molecule has 0 bridgehead atoms. The van der Waals surface area contributed by atoms with Gasteiger partial charge in [-0.3, -0.25) is 0 Å². The molecule has 214 valence electrons. The van der Waals surface area contributed by atoms with Crippen LogP contribution in [-0.2, 0) is 21.1 Å². The average molecular weight is 750 g/mol. The van der Waals surface area contributed by atoms with Crippen LogP contribution in [0.3, 0.4) is 0 Å². The number of ether oxygens (including phenoxy) is 1. The molecule has 0 unspecified atom stereocenters. The third kappa shape index (κ3) is 4.82. The van der Waals surface area contributed by atoms with Gasteiger partial charge in [-0.25, -0.2) is 9.97 Å². The molecule has 1 N–H and O–H groups in total. The van der Waals surface area contributed by atoms with Gasteiger partial charge in [0.1, 0.15) is 17.1 Å². The molecule has 0 saturated heterocycles. The Balaban J connectivity index is 0.00000312. The van der Waals surface area contributed by atoms with Crippen molar-refractivity contribution in [1.82, 2.24) is 14.5 Å². The molecule has 3 aromatic heterocycles. The van der Waals surface area contributed by atoms with Crippen molar-refractivity contribution in [3.63, 3.8) is 0 Å². The van der Waals surface area contributed by atoms with Crippen molar-refractivity contribution in [2.45, 2.75) is 0 Å². The number of nitrogens with zero attached hydrogens (tertiary/aromatic N) is 3. The van der Waals surface area contributed by atoms with Crippen LogP contribution in [0.2, 0.25) is 0 Å². The van der Waals surface area contributed by atoms with Gasteiger partial charge in [-0.1, -0.05) is 90.4 Å². The fraction of sp³-hybridized carbons (Fsp3) is 0. The Kier molecular flexibility index (Phi) is 7.17. The van der Waals surface area contributed by atoms with Crippen LogP contribution in [0.25, 0.3) is 60.8 Å². The Bertz CT molecular complexity index is 2270. The van der Waals surface area contributed by atoms with E-state index in [-0.39, 0.29) is 26.8 Å². The first-order chi connectivity index (χ1) is 21.2. The zero-order valence-electron chi connectivity index (χ0n) is 23.3. The summed E-state index contributed by atoms with van der Waals surface area (Å²) in [6.45, 7) is 0. The van der Waals surface area contributed by atoms with E-state index in [0.717, 1.165) is 55.3 Å². The van der Waals surface area contributed by atoms with E-state index in [9.17, 15) is 5.11 Å². The standard InChI is InChI=1S/C38H24N3O2.Pt/c42-34-23-28(25-10-3-1-4-11-25)22-27-17-20-36(40-37(27)34)43-29-18-19-31-32-15-9-14-30(26-12-5-2-6-13-26)38(32)41(33(31)24-29)35-16-7-8-21-39-35;/h1-23,42H;/q-1;. The molecule has 0 aliphatic carbocycles. The number of aromatic hydroxyl groups is 1. The number of phenols is 1. The van der Waals surface area contributed by atoms with Crippen molar-refractivity contribution in [2.75, 3.05) is 0 Å². The number of benzene rings is 5. The van der Waals surface area contributed by atoms with Crippen molar-refractivity contribution < 1.29 is 30.9 Å². The number of hydrogen-bond acceptors (Lipinski definition) is 4. The molecular weight excluding hydrogens is 726 g/mol. The topological polar surface area (TPSA) is 60.2 Å². The maximum atomic E-state index is 10.9. The molecule has 44 heavy (non-hydrogen) atoms. The van der Waals surface area contributed by atoms with Gasteiger partial charge in [0.15, 0.2) is 0 Å². The predicted octanol–water partition coefficient (Wildman–Crippen LogP) is 9.36. The summed E-state index contributed by atoms with van der Waals surface area (Å²) in [6.07, 6.45) is 1.80. The van der Waals surface area contributed by atoms with E-state index >= 15 is 0 Å². The monoisotopic (exact) mass is 749 g/mol. The second-order valence-electron chi connectivity index (χ2n) is 10.4. The van der Waals surface area contributed by atoms with E-state index in [1.165, 1.54) is 0 Å². The number of hydrogen-bond donors (Lipinski definition) is 1. The van der Waals surface area contributed by atoms with Gasteiger partial charge in [-0.15, -0.1) is 17.5 Å². The molecule has 8 rings (SSSR count). The Morgan fingerprint density at radius 3 is 2.20 bits per heavy atom. The summed E-state index contributed by atoms with van der Waals surface area (Å²) in [5.74, 6) is 1.78. The quantitative estimate of drug-likeness (QED) is 0.178. The predicted molar refractivity (Wildman–Crippen MR) is 172 cm³/mol. The molecule has 5 nitrogen and oxygen atoms in total. The minimum atomic E-state index is 0. The van der Waals surface area contributed by atoms with Crippen molar-refractivity contribution in [1.29, 1.82) is 0 Å². The van der Waals surface area contributed by atoms with E-state index in [2.05, 4.69) is 64.1 Å². The van der Waals surface area contributed by atoms with E-state index in [1.54, 1.807) is 12.3 Å². The summed E-state index contributed by atoms with van der Waals surface area (Å²) >= 11 is 0. The Morgan fingerprint density at radius 2 is 1.43 bits per heavy atom. The molecular formula is C38H24N3O2Pt-. The molecule has 0 radical (unpaired) electrons. The van der Waals surface area contributed by atoms with Crippen LogP contribution in [0, 0.1) is 6.07 Å². The van der Waals surface area contributed by atoms with E-state index in [4.69, 9.17) is 9.72 Å². The molecule has 5 aromatic carbocycles. The van der Waals surface area contributed by atoms with E-state index in [0.29, 0.717) is 17.1 Å². The Hall–Kier alpha value is -5.25. The number of pyridine rings is 2. The molecule has 0 aliphatic heterocycles. The average Bonchev–Trinajstić information content (AvgIpc) is 3.40. The molecule has 0 spiro atoms. The Labute approximate surface area is 268 Å². The Morgan fingerprint density at radius 1 is 0.659 bits per heavy atom. The normalized spacial score (nSPS) is 11.1. The summed E-state index contributed by atoms with van der Waals surface area (Å²) in [7, 11) is 0. The minimum absolute atomic E-state index is 0. The summed E-state index contributed by atoms with van der Waals surface area (Å²) in [4.78, 5) is 9.36. The van der Waals surface area contributed by atoms with Crippen molar-refractivity contribution in [3.05, 3.63) is 146 Å². The molecule has 0 amide bonds. The van der Waals surface area contributed by atoms with Gasteiger partial charge in [0, 0.05) is 55.5 Å². The van der Waals surface area contributed by atoms with Crippen LogP contribution in [0.4, 0.5) is 0 Å². The van der Waals surface area contributed by atoms with E-state index < -0.39 is 0 Å². The molecule has 0 atom stereocenters. The van der Waals surface area contributed by atoms with Crippen LogP contribution in [-0.4, -0.2) is 19.6 Å². The van der Waals surface area contributed by atoms with Gasteiger partial charge in [0.05, 0.1) is 0 Å². The third-order valence-electron chi connectivity index (χ3n) is 7.70. The van der Waals surface area contributed by atoms with Crippen molar-refractivity contribution in [2.24, 2.45) is 0 Å². The molecule has 0 fully saturated rings. The fourth-order valence-corrected chi connectivity index (χ4v) is 5.76. The largest absolute Gasteiger partial charge is 0.506 e. The number of rotatable bonds is 5. The maximum Gasteiger partial charge on any atom is 0.217 e. The summed E-state index contributed by atoms with van der Waals surface area (Å²) in [6, 6.07) is 47.6. The first-order valence-electron chi connectivity index (χ1n) is 14.1. The first-order valence-corrected chi connectivity index (χ1v) is 14.1. The van der Waals surface area contributed by atoms with Crippen LogP contribution in [0.1, 0.15) is 0 Å². The van der Waals surface area contributed by atoms with Crippen LogP contribution < -0.4 is 4.74 Å². The maximum absolute atomic E-state index is 10.9. The van der Waals surface area contributed by atoms with Crippen LogP contribution in [0.15, 0.2) is 140 Å².